The summed E-state index contributed by atoms with van der Waals surface area (Å²) in [6.45, 7) is 4.13. The summed E-state index contributed by atoms with van der Waals surface area (Å²) in [7, 11) is 0. The summed E-state index contributed by atoms with van der Waals surface area (Å²) >= 11 is 0. The second kappa shape index (κ2) is 9.86. The molecule has 0 saturated heterocycles. The van der Waals surface area contributed by atoms with Crippen LogP contribution < -0.4 is 10.1 Å². The van der Waals surface area contributed by atoms with Gasteiger partial charge in [-0.1, -0.05) is 43.3 Å². The summed E-state index contributed by atoms with van der Waals surface area (Å²) in [5.41, 5.74) is 3.58. The summed E-state index contributed by atoms with van der Waals surface area (Å²) in [5.74, 6) is 0.00885. The number of carbonyl (C=O) groups is 2. The third-order valence-electron chi connectivity index (χ3n) is 5.88. The Morgan fingerprint density at radius 2 is 1.82 bits per heavy atom. The van der Waals surface area contributed by atoms with Crippen molar-refractivity contribution in [2.24, 2.45) is 0 Å². The third kappa shape index (κ3) is 5.06. The van der Waals surface area contributed by atoms with E-state index in [9.17, 15) is 14.0 Å². The molecule has 2 atom stereocenters. The smallest absolute Gasteiger partial charge is 0.265 e. The molecule has 1 heterocycles. The van der Waals surface area contributed by atoms with Gasteiger partial charge in [0, 0.05) is 18.7 Å². The standard InChI is InChI=1S/C27H27FN2O3/c1-3-25(31)30-16-15-19-11-14-23(17-24(19)26(30)20-9-12-21(28)13-10-20)33-18(2)27(32)29-22-7-5-4-6-8-22/h4-14,17-18,26H,3,15-16H2,1-2H3,(H,29,32). The first kappa shape index (κ1) is 22.5. The highest BCUT2D eigenvalue weighted by molar-refractivity contribution is 5.94. The van der Waals surface area contributed by atoms with Gasteiger partial charge in [-0.25, -0.2) is 4.39 Å². The zero-order chi connectivity index (χ0) is 23.4. The van der Waals surface area contributed by atoms with Gasteiger partial charge in [0.15, 0.2) is 6.10 Å². The van der Waals surface area contributed by atoms with Gasteiger partial charge in [0.2, 0.25) is 5.91 Å². The highest BCUT2D eigenvalue weighted by Crippen LogP contribution is 2.37. The molecule has 4 rings (SSSR count). The predicted octanol–water partition coefficient (Wildman–Crippen LogP) is 5.12. The van der Waals surface area contributed by atoms with Crippen molar-refractivity contribution < 1.29 is 18.7 Å². The molecule has 0 aromatic heterocycles. The second-order valence-corrected chi connectivity index (χ2v) is 8.12. The average Bonchev–Trinajstić information content (AvgIpc) is 2.84. The number of amides is 2. The minimum Gasteiger partial charge on any atom is -0.481 e. The van der Waals surface area contributed by atoms with E-state index in [1.54, 1.807) is 19.1 Å². The Hall–Kier alpha value is -3.67. The molecule has 33 heavy (non-hydrogen) atoms. The molecule has 5 nitrogen and oxygen atoms in total. The van der Waals surface area contributed by atoms with Crippen LogP contribution in [0.4, 0.5) is 10.1 Å². The fraction of sp³-hybridized carbons (Fsp3) is 0.259. The highest BCUT2D eigenvalue weighted by Gasteiger charge is 2.32. The number of ether oxygens (including phenoxy) is 1. The Morgan fingerprint density at radius 1 is 1.09 bits per heavy atom. The first-order valence-corrected chi connectivity index (χ1v) is 11.2. The lowest BCUT2D eigenvalue weighted by molar-refractivity contribution is -0.133. The number of carbonyl (C=O) groups excluding carboxylic acids is 2. The van der Waals surface area contributed by atoms with Crippen LogP contribution in [0.25, 0.3) is 0 Å². The van der Waals surface area contributed by atoms with Crippen LogP contribution in [0.2, 0.25) is 0 Å². The summed E-state index contributed by atoms with van der Waals surface area (Å²) in [5, 5.41) is 2.84. The van der Waals surface area contributed by atoms with Gasteiger partial charge in [-0.3, -0.25) is 9.59 Å². The molecule has 0 saturated carbocycles. The van der Waals surface area contributed by atoms with E-state index in [2.05, 4.69) is 5.32 Å². The fourth-order valence-corrected chi connectivity index (χ4v) is 4.17. The minimum absolute atomic E-state index is 0.0388. The van der Waals surface area contributed by atoms with Gasteiger partial charge < -0.3 is 15.0 Å². The number of fused-ring (bicyclic) bond motifs is 1. The number of para-hydroxylation sites is 1. The monoisotopic (exact) mass is 446 g/mol. The zero-order valence-electron chi connectivity index (χ0n) is 18.8. The second-order valence-electron chi connectivity index (χ2n) is 8.12. The molecule has 3 aromatic rings. The van der Waals surface area contributed by atoms with Crippen LogP contribution in [0.15, 0.2) is 72.8 Å². The molecular formula is C27H27FN2O3. The van der Waals surface area contributed by atoms with Crippen molar-refractivity contribution in [2.45, 2.75) is 38.8 Å². The maximum Gasteiger partial charge on any atom is 0.265 e. The molecule has 1 aliphatic rings. The lowest BCUT2D eigenvalue weighted by Crippen LogP contribution is -2.40. The number of hydrogen-bond acceptors (Lipinski definition) is 3. The number of nitrogens with zero attached hydrogens (tertiary/aromatic N) is 1. The Bertz CT molecular complexity index is 1130. The quantitative estimate of drug-likeness (QED) is 0.572. The molecule has 2 unspecified atom stereocenters. The van der Waals surface area contributed by atoms with E-state index < -0.39 is 6.10 Å². The zero-order valence-corrected chi connectivity index (χ0v) is 18.8. The molecular weight excluding hydrogens is 419 g/mol. The summed E-state index contributed by atoms with van der Waals surface area (Å²) in [6, 6.07) is 20.9. The highest BCUT2D eigenvalue weighted by atomic mass is 19.1. The van der Waals surface area contributed by atoms with Crippen LogP contribution in [-0.4, -0.2) is 29.4 Å². The van der Waals surface area contributed by atoms with E-state index in [1.165, 1.54) is 12.1 Å². The van der Waals surface area contributed by atoms with Gasteiger partial charge >= 0.3 is 0 Å². The van der Waals surface area contributed by atoms with Crippen LogP contribution in [0, 0.1) is 5.82 Å². The van der Waals surface area contributed by atoms with Crippen molar-refractivity contribution in [3.63, 3.8) is 0 Å². The van der Waals surface area contributed by atoms with Crippen LogP contribution in [0.5, 0.6) is 5.75 Å². The minimum atomic E-state index is -0.718. The molecule has 0 spiro atoms. The van der Waals surface area contributed by atoms with Gasteiger partial charge in [0.25, 0.3) is 5.91 Å². The Labute approximate surface area is 193 Å². The maximum absolute atomic E-state index is 13.6. The van der Waals surface area contributed by atoms with E-state index in [0.29, 0.717) is 24.4 Å². The maximum atomic E-state index is 13.6. The Kier molecular flexibility index (Phi) is 6.73. The van der Waals surface area contributed by atoms with Gasteiger partial charge in [-0.2, -0.15) is 0 Å². The van der Waals surface area contributed by atoms with Crippen LogP contribution >= 0.6 is 0 Å². The van der Waals surface area contributed by atoms with E-state index >= 15 is 0 Å². The van der Waals surface area contributed by atoms with Crippen molar-refractivity contribution >= 4 is 17.5 Å². The fourth-order valence-electron chi connectivity index (χ4n) is 4.17. The molecule has 0 bridgehead atoms. The normalized spacial score (nSPS) is 16.0. The van der Waals surface area contributed by atoms with E-state index in [0.717, 1.165) is 23.1 Å². The molecule has 0 fully saturated rings. The van der Waals surface area contributed by atoms with Gasteiger partial charge in [0.05, 0.1) is 6.04 Å². The summed E-state index contributed by atoms with van der Waals surface area (Å²) < 4.78 is 19.5. The number of benzene rings is 3. The molecule has 1 N–H and O–H groups in total. The summed E-state index contributed by atoms with van der Waals surface area (Å²) in [6.07, 6.45) is 0.396. The third-order valence-corrected chi connectivity index (χ3v) is 5.88. The van der Waals surface area contributed by atoms with Gasteiger partial charge in [-0.15, -0.1) is 0 Å². The van der Waals surface area contributed by atoms with Gasteiger partial charge in [0.1, 0.15) is 11.6 Å². The number of anilines is 1. The SMILES string of the molecule is CCC(=O)N1CCc2ccc(OC(C)C(=O)Nc3ccccc3)cc2C1c1ccc(F)cc1. The van der Waals surface area contributed by atoms with Crippen molar-refractivity contribution in [2.75, 3.05) is 11.9 Å². The number of hydrogen-bond donors (Lipinski definition) is 1. The lowest BCUT2D eigenvalue weighted by atomic mass is 9.87. The molecule has 1 aliphatic heterocycles. The largest absolute Gasteiger partial charge is 0.481 e. The number of halogens is 1. The topological polar surface area (TPSA) is 58.6 Å². The van der Waals surface area contributed by atoms with Gasteiger partial charge in [-0.05, 0) is 66.4 Å². The van der Waals surface area contributed by atoms with Crippen molar-refractivity contribution in [3.8, 4) is 5.75 Å². The van der Waals surface area contributed by atoms with Crippen LogP contribution in [0.3, 0.4) is 0 Å². The Balaban J connectivity index is 1.61. The van der Waals surface area contributed by atoms with E-state index in [1.807, 2.05) is 60.4 Å². The molecule has 0 aliphatic carbocycles. The van der Waals surface area contributed by atoms with Crippen molar-refractivity contribution in [1.82, 2.24) is 4.90 Å². The molecule has 170 valence electrons. The van der Waals surface area contributed by atoms with E-state index in [-0.39, 0.29) is 23.7 Å². The lowest BCUT2D eigenvalue weighted by Gasteiger charge is -2.38. The average molecular weight is 447 g/mol. The molecule has 2 amide bonds. The number of nitrogens with one attached hydrogen (secondary N) is 1. The molecule has 3 aromatic carbocycles. The van der Waals surface area contributed by atoms with Crippen molar-refractivity contribution in [3.05, 3.63) is 95.3 Å². The van der Waals surface area contributed by atoms with Crippen LogP contribution in [-0.2, 0) is 16.0 Å². The van der Waals surface area contributed by atoms with Crippen molar-refractivity contribution in [1.29, 1.82) is 0 Å². The van der Waals surface area contributed by atoms with E-state index in [4.69, 9.17) is 4.74 Å². The first-order valence-electron chi connectivity index (χ1n) is 11.2. The molecule has 6 heteroatoms. The van der Waals surface area contributed by atoms with Crippen LogP contribution in [0.1, 0.15) is 43.0 Å². The molecule has 0 radical (unpaired) electrons. The predicted molar refractivity (Wildman–Crippen MR) is 126 cm³/mol. The summed E-state index contributed by atoms with van der Waals surface area (Å²) in [4.78, 5) is 27.1. The first-order chi connectivity index (χ1) is 16.0. The Morgan fingerprint density at radius 3 is 2.52 bits per heavy atom. The number of rotatable bonds is 6.